The first-order valence-electron chi connectivity index (χ1n) is 7.87. The van der Waals surface area contributed by atoms with Crippen LogP contribution in [-0.2, 0) is 13.0 Å². The molecule has 0 atom stereocenters. The number of imidazole rings is 1. The van der Waals surface area contributed by atoms with Gasteiger partial charge in [-0.1, -0.05) is 38.8 Å². The lowest BCUT2D eigenvalue weighted by Gasteiger charge is -2.19. The van der Waals surface area contributed by atoms with Crippen LogP contribution in [0.1, 0.15) is 51.6 Å². The SMILES string of the molecule is CCCCc1nc(Cl)c(CNCCN(CC)CCC)[nH]1. The smallest absolute Gasteiger partial charge is 0.151 e. The van der Waals surface area contributed by atoms with Crippen LogP contribution >= 0.6 is 11.6 Å². The van der Waals surface area contributed by atoms with Crippen LogP contribution in [0.15, 0.2) is 0 Å². The van der Waals surface area contributed by atoms with Gasteiger partial charge in [0.1, 0.15) is 5.82 Å². The summed E-state index contributed by atoms with van der Waals surface area (Å²) in [5, 5.41) is 4.05. The summed E-state index contributed by atoms with van der Waals surface area (Å²) in [6, 6.07) is 0. The van der Waals surface area contributed by atoms with Gasteiger partial charge < -0.3 is 15.2 Å². The molecule has 0 aliphatic rings. The van der Waals surface area contributed by atoms with Crippen LogP contribution < -0.4 is 5.32 Å². The highest BCUT2D eigenvalue weighted by Crippen LogP contribution is 2.13. The summed E-state index contributed by atoms with van der Waals surface area (Å²) in [6.45, 7) is 11.7. The van der Waals surface area contributed by atoms with Gasteiger partial charge in [-0.25, -0.2) is 4.98 Å². The molecule has 0 radical (unpaired) electrons. The van der Waals surface area contributed by atoms with Gasteiger partial charge in [-0.3, -0.25) is 0 Å². The number of hydrogen-bond donors (Lipinski definition) is 2. The average molecular weight is 301 g/mol. The van der Waals surface area contributed by atoms with Crippen molar-refractivity contribution in [1.29, 1.82) is 0 Å². The minimum Gasteiger partial charge on any atom is -0.344 e. The van der Waals surface area contributed by atoms with Gasteiger partial charge in [-0.15, -0.1) is 0 Å². The van der Waals surface area contributed by atoms with Gasteiger partial charge >= 0.3 is 0 Å². The van der Waals surface area contributed by atoms with E-state index in [2.05, 4.69) is 41.0 Å². The highest BCUT2D eigenvalue weighted by molar-refractivity contribution is 6.30. The molecule has 0 bridgehead atoms. The van der Waals surface area contributed by atoms with E-state index in [0.717, 1.165) is 50.5 Å². The third-order valence-corrected chi connectivity index (χ3v) is 3.75. The number of rotatable bonds is 11. The molecular weight excluding hydrogens is 272 g/mol. The molecule has 2 N–H and O–H groups in total. The summed E-state index contributed by atoms with van der Waals surface area (Å²) >= 11 is 6.15. The second-order valence-corrected chi connectivity index (χ2v) is 5.53. The van der Waals surface area contributed by atoms with Gasteiger partial charge in [0.2, 0.25) is 0 Å². The maximum absolute atomic E-state index is 6.15. The van der Waals surface area contributed by atoms with Crippen LogP contribution in [-0.4, -0.2) is 41.0 Å². The largest absolute Gasteiger partial charge is 0.344 e. The number of nitrogens with one attached hydrogen (secondary N) is 2. The molecule has 20 heavy (non-hydrogen) atoms. The Balaban J connectivity index is 2.29. The molecule has 1 aromatic heterocycles. The van der Waals surface area contributed by atoms with E-state index in [-0.39, 0.29) is 0 Å². The summed E-state index contributed by atoms with van der Waals surface area (Å²) in [5.74, 6) is 1.01. The molecule has 0 fully saturated rings. The average Bonchev–Trinajstić information content (AvgIpc) is 2.80. The Morgan fingerprint density at radius 2 is 2.00 bits per heavy atom. The molecule has 0 aromatic carbocycles. The van der Waals surface area contributed by atoms with Crippen molar-refractivity contribution in [3.8, 4) is 0 Å². The van der Waals surface area contributed by atoms with Crippen molar-refractivity contribution in [2.24, 2.45) is 0 Å². The third kappa shape index (κ3) is 6.25. The zero-order chi connectivity index (χ0) is 14.8. The Labute approximate surface area is 128 Å². The van der Waals surface area contributed by atoms with Crippen LogP contribution in [0.5, 0.6) is 0 Å². The van der Waals surface area contributed by atoms with Crippen molar-refractivity contribution < 1.29 is 0 Å². The normalized spacial score (nSPS) is 11.4. The van der Waals surface area contributed by atoms with Gasteiger partial charge in [0.05, 0.1) is 5.69 Å². The minimum absolute atomic E-state index is 0.615. The number of likely N-dealkylation sites (N-methyl/N-ethyl adjacent to an activating group) is 1. The first-order chi connectivity index (χ1) is 9.71. The second-order valence-electron chi connectivity index (χ2n) is 5.17. The number of unbranched alkanes of at least 4 members (excludes halogenated alkanes) is 1. The molecule has 1 aromatic rings. The first kappa shape index (κ1) is 17.5. The van der Waals surface area contributed by atoms with Gasteiger partial charge in [0, 0.05) is 26.1 Å². The molecule has 4 nitrogen and oxygen atoms in total. The highest BCUT2D eigenvalue weighted by atomic mass is 35.5. The summed E-state index contributed by atoms with van der Waals surface area (Å²) in [6.07, 6.45) is 4.52. The predicted octanol–water partition coefficient (Wildman–Crippen LogP) is 3.23. The molecule has 5 heteroatoms. The Kier molecular flexibility index (Phi) is 8.90. The van der Waals surface area contributed by atoms with Crippen LogP contribution in [0, 0.1) is 0 Å². The van der Waals surface area contributed by atoms with Crippen molar-refractivity contribution in [1.82, 2.24) is 20.2 Å². The lowest BCUT2D eigenvalue weighted by molar-refractivity contribution is 0.287. The lowest BCUT2D eigenvalue weighted by Crippen LogP contribution is -2.32. The topological polar surface area (TPSA) is 44.0 Å². The number of aromatic amines is 1. The summed E-state index contributed by atoms with van der Waals surface area (Å²) in [5.41, 5.74) is 1.01. The van der Waals surface area contributed by atoms with E-state index in [9.17, 15) is 0 Å². The fraction of sp³-hybridized carbons (Fsp3) is 0.800. The first-order valence-corrected chi connectivity index (χ1v) is 8.25. The molecule has 0 aliphatic heterocycles. The van der Waals surface area contributed by atoms with Crippen LogP contribution in [0.4, 0.5) is 0 Å². The predicted molar refractivity (Wildman–Crippen MR) is 86.3 cm³/mol. The Hall–Kier alpha value is -0.580. The van der Waals surface area contributed by atoms with Gasteiger partial charge in [-0.05, 0) is 25.9 Å². The van der Waals surface area contributed by atoms with E-state index in [0.29, 0.717) is 5.15 Å². The summed E-state index contributed by atoms with van der Waals surface area (Å²) in [7, 11) is 0. The highest BCUT2D eigenvalue weighted by Gasteiger charge is 2.07. The number of hydrogen-bond acceptors (Lipinski definition) is 3. The Morgan fingerprint density at radius 3 is 2.65 bits per heavy atom. The molecule has 0 spiro atoms. The standard InChI is InChI=1S/C15H29ClN4/c1-4-7-8-14-18-13(15(16)19-14)12-17-9-11-20(6-3)10-5-2/h17H,4-12H2,1-3H3,(H,18,19). The van der Waals surface area contributed by atoms with E-state index < -0.39 is 0 Å². The molecule has 0 aliphatic carbocycles. The Morgan fingerprint density at radius 1 is 1.20 bits per heavy atom. The zero-order valence-corrected chi connectivity index (χ0v) is 13.9. The quantitative estimate of drug-likeness (QED) is 0.617. The summed E-state index contributed by atoms with van der Waals surface area (Å²) < 4.78 is 0. The molecule has 0 unspecified atom stereocenters. The number of nitrogens with zero attached hydrogens (tertiary/aromatic N) is 2. The lowest BCUT2D eigenvalue weighted by atomic mass is 10.2. The van der Waals surface area contributed by atoms with Crippen molar-refractivity contribution >= 4 is 11.6 Å². The van der Waals surface area contributed by atoms with E-state index in [1.165, 1.54) is 19.4 Å². The fourth-order valence-electron chi connectivity index (χ4n) is 2.21. The molecule has 116 valence electrons. The monoisotopic (exact) mass is 300 g/mol. The van der Waals surface area contributed by atoms with Crippen molar-refractivity contribution in [2.45, 2.75) is 53.0 Å². The molecule has 1 rings (SSSR count). The molecule has 0 amide bonds. The zero-order valence-electron chi connectivity index (χ0n) is 13.1. The van der Waals surface area contributed by atoms with E-state index in [1.54, 1.807) is 0 Å². The maximum atomic E-state index is 6.15. The van der Waals surface area contributed by atoms with Crippen molar-refractivity contribution in [3.05, 3.63) is 16.7 Å². The van der Waals surface area contributed by atoms with Crippen molar-refractivity contribution in [3.63, 3.8) is 0 Å². The Bertz CT molecular complexity index is 365. The van der Waals surface area contributed by atoms with E-state index in [4.69, 9.17) is 11.6 Å². The molecule has 0 saturated heterocycles. The third-order valence-electron chi connectivity index (χ3n) is 3.44. The number of halogens is 1. The molecule has 0 saturated carbocycles. The molecule has 1 heterocycles. The van der Waals surface area contributed by atoms with Crippen LogP contribution in [0.25, 0.3) is 0 Å². The number of aromatic nitrogens is 2. The van der Waals surface area contributed by atoms with Crippen LogP contribution in [0.2, 0.25) is 5.15 Å². The fourth-order valence-corrected chi connectivity index (χ4v) is 2.43. The van der Waals surface area contributed by atoms with Crippen LogP contribution in [0.3, 0.4) is 0 Å². The number of aryl methyl sites for hydroxylation is 1. The maximum Gasteiger partial charge on any atom is 0.151 e. The summed E-state index contributed by atoms with van der Waals surface area (Å²) in [4.78, 5) is 10.1. The van der Waals surface area contributed by atoms with Gasteiger partial charge in [0.25, 0.3) is 0 Å². The van der Waals surface area contributed by atoms with Gasteiger partial charge in [0.15, 0.2) is 5.15 Å². The van der Waals surface area contributed by atoms with Crippen molar-refractivity contribution in [2.75, 3.05) is 26.2 Å². The number of H-pyrrole nitrogens is 1. The molecular formula is C15H29ClN4. The van der Waals surface area contributed by atoms with E-state index >= 15 is 0 Å². The van der Waals surface area contributed by atoms with E-state index in [1.807, 2.05) is 0 Å². The second kappa shape index (κ2) is 10.2. The minimum atomic E-state index is 0.615. The van der Waals surface area contributed by atoms with Gasteiger partial charge in [-0.2, -0.15) is 0 Å².